The number of carbonyl (C=O) groups is 2. The molecule has 0 aliphatic carbocycles. The van der Waals surface area contributed by atoms with Crippen LogP contribution in [0.15, 0.2) is 63.8 Å². The molecule has 1 heterocycles. The van der Waals surface area contributed by atoms with Gasteiger partial charge in [0.25, 0.3) is 11.6 Å². The molecule has 1 atom stereocenters. The van der Waals surface area contributed by atoms with E-state index in [-0.39, 0.29) is 11.3 Å². The summed E-state index contributed by atoms with van der Waals surface area (Å²) in [5.41, 5.74) is -4.74. The Kier molecular flexibility index (Phi) is 7.49. The third kappa shape index (κ3) is 5.51. The third-order valence-electron chi connectivity index (χ3n) is 4.73. The molecule has 2 aromatic carbocycles. The zero-order valence-corrected chi connectivity index (χ0v) is 19.9. The van der Waals surface area contributed by atoms with E-state index in [2.05, 4.69) is 9.72 Å². The fraction of sp³-hybridized carbons (Fsp3) is 0.150. The van der Waals surface area contributed by atoms with Crippen molar-refractivity contribution in [3.8, 4) is 0 Å². The Morgan fingerprint density at radius 3 is 2.19 bits per heavy atom. The van der Waals surface area contributed by atoms with Gasteiger partial charge in [-0.05, 0) is 36.4 Å². The second-order valence-corrected chi connectivity index (χ2v) is 10.3. The topological polar surface area (TPSA) is 158 Å². The van der Waals surface area contributed by atoms with Gasteiger partial charge in [0.1, 0.15) is 10.0 Å². The van der Waals surface area contributed by atoms with E-state index in [4.69, 9.17) is 0 Å². The van der Waals surface area contributed by atoms with Crippen LogP contribution in [-0.2, 0) is 19.4 Å². The third-order valence-corrected chi connectivity index (χ3v) is 7.87. The summed E-state index contributed by atoms with van der Waals surface area (Å²) in [5.74, 6) is -4.22. The molecule has 0 spiro atoms. The van der Waals surface area contributed by atoms with Crippen LogP contribution < -0.4 is 10.6 Å². The van der Waals surface area contributed by atoms with Gasteiger partial charge in [0.15, 0.2) is 5.13 Å². The number of rotatable bonds is 8. The van der Waals surface area contributed by atoms with Gasteiger partial charge in [-0.1, -0.05) is 11.3 Å². The number of nitro benzene ring substituents is 1. The van der Waals surface area contributed by atoms with Crippen LogP contribution in [0, 0.1) is 15.9 Å². The SMILES string of the molecule is COC(=O)[C@](NC(=O)c1ccc(F)cc1)(Nc1ncc(S(=O)(=O)c2ccc([N+](=O)[O-])cc2)s1)C(F)(F)F. The Balaban J connectivity index is 1.99. The monoisotopic (exact) mass is 562 g/mol. The van der Waals surface area contributed by atoms with Crippen LogP contribution in [0.5, 0.6) is 0 Å². The normalized spacial score (nSPS) is 13.3. The minimum absolute atomic E-state index is 0.188. The van der Waals surface area contributed by atoms with Crippen molar-refractivity contribution in [2.45, 2.75) is 20.9 Å². The number of benzene rings is 2. The molecule has 17 heteroatoms. The molecule has 0 fully saturated rings. The maximum atomic E-state index is 14.2. The van der Waals surface area contributed by atoms with E-state index in [9.17, 15) is 45.7 Å². The molecule has 0 unspecified atom stereocenters. The van der Waals surface area contributed by atoms with E-state index >= 15 is 0 Å². The summed E-state index contributed by atoms with van der Waals surface area (Å²) in [5, 5.41) is 13.2. The molecule has 0 saturated carbocycles. The Hall–Kier alpha value is -4.12. The molecule has 1 aromatic heterocycles. The van der Waals surface area contributed by atoms with Gasteiger partial charge in [0.2, 0.25) is 9.84 Å². The standard InChI is InChI=1S/C20H14F4N4O7S2/c1-35-17(30)19(20(22,23)24,26-16(29)11-2-4-12(21)5-3-11)27-18-25-10-15(36-18)37(33,34)14-8-6-13(7-9-14)28(31)32/h2-10H,1H3,(H,25,27)(H,26,29)/t19-/m0/s1. The first-order valence-electron chi connectivity index (χ1n) is 9.68. The molecule has 3 aromatic rings. The summed E-state index contributed by atoms with van der Waals surface area (Å²) in [6.45, 7) is 0. The van der Waals surface area contributed by atoms with Crippen LogP contribution >= 0.6 is 11.3 Å². The number of alkyl halides is 3. The molecule has 3 rings (SSSR count). The van der Waals surface area contributed by atoms with Crippen molar-refractivity contribution in [3.05, 3.63) is 76.2 Å². The van der Waals surface area contributed by atoms with Crippen molar-refractivity contribution in [3.63, 3.8) is 0 Å². The van der Waals surface area contributed by atoms with E-state index in [0.717, 1.165) is 48.5 Å². The number of hydrogen-bond acceptors (Lipinski definition) is 10. The molecule has 0 aliphatic heterocycles. The van der Waals surface area contributed by atoms with E-state index in [1.165, 1.54) is 5.32 Å². The molecule has 0 aliphatic rings. The lowest BCUT2D eigenvalue weighted by Crippen LogP contribution is -2.69. The highest BCUT2D eigenvalue weighted by Gasteiger charge is 2.64. The van der Waals surface area contributed by atoms with Gasteiger partial charge in [0, 0.05) is 17.7 Å². The molecule has 0 bridgehead atoms. The number of anilines is 1. The van der Waals surface area contributed by atoms with Crippen LogP contribution in [0.1, 0.15) is 10.4 Å². The van der Waals surface area contributed by atoms with Crippen molar-refractivity contribution in [2.24, 2.45) is 0 Å². The smallest absolute Gasteiger partial charge is 0.442 e. The summed E-state index contributed by atoms with van der Waals surface area (Å²) >= 11 is 0.188. The zero-order chi connectivity index (χ0) is 27.6. The number of amides is 1. The van der Waals surface area contributed by atoms with Gasteiger partial charge in [-0.2, -0.15) is 13.2 Å². The molecule has 1 amide bonds. The first kappa shape index (κ1) is 27.5. The minimum atomic E-state index is -5.54. The van der Waals surface area contributed by atoms with E-state index in [1.807, 2.05) is 0 Å². The van der Waals surface area contributed by atoms with Crippen LogP contribution in [0.3, 0.4) is 0 Å². The van der Waals surface area contributed by atoms with Crippen LogP contribution in [0.4, 0.5) is 28.4 Å². The van der Waals surface area contributed by atoms with Crippen molar-refractivity contribution in [2.75, 3.05) is 12.4 Å². The fourth-order valence-corrected chi connectivity index (χ4v) is 5.34. The molecule has 0 radical (unpaired) electrons. The summed E-state index contributed by atoms with van der Waals surface area (Å²) in [7, 11) is -3.75. The lowest BCUT2D eigenvalue weighted by molar-refractivity contribution is -0.384. The Labute approximate surface area is 209 Å². The number of methoxy groups -OCH3 is 1. The highest BCUT2D eigenvalue weighted by molar-refractivity contribution is 7.93. The van der Waals surface area contributed by atoms with Crippen LogP contribution in [0.25, 0.3) is 0 Å². The molecular formula is C20H14F4N4O7S2. The molecular weight excluding hydrogens is 548 g/mol. The highest BCUT2D eigenvalue weighted by atomic mass is 32.2. The summed E-state index contributed by atoms with van der Waals surface area (Å²) in [6, 6.07) is 7.07. The lowest BCUT2D eigenvalue weighted by atomic mass is 10.1. The highest BCUT2D eigenvalue weighted by Crippen LogP contribution is 2.36. The maximum absolute atomic E-state index is 14.2. The van der Waals surface area contributed by atoms with E-state index in [0.29, 0.717) is 13.3 Å². The van der Waals surface area contributed by atoms with Crippen molar-refractivity contribution >= 4 is 43.9 Å². The van der Waals surface area contributed by atoms with E-state index < -0.39 is 69.8 Å². The quantitative estimate of drug-likeness (QED) is 0.138. The molecule has 196 valence electrons. The lowest BCUT2D eigenvalue weighted by Gasteiger charge is -2.34. The largest absolute Gasteiger partial charge is 0.466 e. The summed E-state index contributed by atoms with van der Waals surface area (Å²) in [6.07, 6.45) is -4.84. The number of thiazole rings is 1. The number of sulfone groups is 1. The zero-order valence-electron chi connectivity index (χ0n) is 18.3. The first-order valence-corrected chi connectivity index (χ1v) is 12.0. The average Bonchev–Trinajstić information content (AvgIpc) is 3.32. The van der Waals surface area contributed by atoms with Crippen molar-refractivity contribution < 1.29 is 45.2 Å². The number of esters is 1. The molecule has 0 saturated heterocycles. The Bertz CT molecular complexity index is 1440. The minimum Gasteiger partial charge on any atom is -0.466 e. The van der Waals surface area contributed by atoms with Gasteiger partial charge in [0.05, 0.1) is 23.1 Å². The molecule has 11 nitrogen and oxygen atoms in total. The number of aromatic nitrogens is 1. The predicted molar refractivity (Wildman–Crippen MR) is 119 cm³/mol. The van der Waals surface area contributed by atoms with Crippen LogP contribution in [0.2, 0.25) is 0 Å². The van der Waals surface area contributed by atoms with E-state index in [1.54, 1.807) is 5.32 Å². The average molecular weight is 562 g/mol. The number of nitrogens with one attached hydrogen (secondary N) is 2. The first-order chi connectivity index (χ1) is 17.2. The van der Waals surface area contributed by atoms with Crippen molar-refractivity contribution in [1.82, 2.24) is 10.3 Å². The number of hydrogen-bond donors (Lipinski definition) is 2. The number of ether oxygens (including phenoxy) is 1. The predicted octanol–water partition coefficient (Wildman–Crippen LogP) is 3.30. The van der Waals surface area contributed by atoms with Gasteiger partial charge >= 0.3 is 17.8 Å². The molecule has 37 heavy (non-hydrogen) atoms. The second-order valence-electron chi connectivity index (χ2n) is 7.06. The number of nitro groups is 1. The number of halogens is 4. The van der Waals surface area contributed by atoms with Crippen LogP contribution in [-0.4, -0.2) is 49.2 Å². The number of non-ortho nitro benzene ring substituents is 1. The molecule has 2 N–H and O–H groups in total. The Morgan fingerprint density at radius 1 is 1.08 bits per heavy atom. The van der Waals surface area contributed by atoms with Gasteiger partial charge in [-0.3, -0.25) is 14.9 Å². The summed E-state index contributed by atoms with van der Waals surface area (Å²) < 4.78 is 85.1. The van der Waals surface area contributed by atoms with Gasteiger partial charge in [-0.15, -0.1) is 0 Å². The second kappa shape index (κ2) is 10.1. The Morgan fingerprint density at radius 2 is 1.68 bits per heavy atom. The van der Waals surface area contributed by atoms with Crippen molar-refractivity contribution in [1.29, 1.82) is 0 Å². The summed E-state index contributed by atoms with van der Waals surface area (Å²) in [4.78, 5) is 38.0. The maximum Gasteiger partial charge on any atom is 0.442 e. The number of carbonyl (C=O) groups excluding carboxylic acids is 2. The van der Waals surface area contributed by atoms with Gasteiger partial charge < -0.3 is 15.4 Å². The fourth-order valence-electron chi connectivity index (χ4n) is 2.85. The number of nitrogens with zero attached hydrogens (tertiary/aromatic N) is 2. The van der Waals surface area contributed by atoms with Gasteiger partial charge in [-0.25, -0.2) is 22.6 Å².